The lowest BCUT2D eigenvalue weighted by molar-refractivity contribution is -0.149. The van der Waals surface area contributed by atoms with Gasteiger partial charge in [0.1, 0.15) is 0 Å². The highest BCUT2D eigenvalue weighted by Crippen LogP contribution is 2.32. The van der Waals surface area contributed by atoms with E-state index < -0.39 is 5.97 Å². The first kappa shape index (κ1) is 23.3. The first-order valence-corrected chi connectivity index (χ1v) is 10.3. The summed E-state index contributed by atoms with van der Waals surface area (Å²) in [6.45, 7) is 9.97. The number of para-hydroxylation sites is 3. The molecule has 2 rings (SSSR count). The zero-order chi connectivity index (χ0) is 22.1. The van der Waals surface area contributed by atoms with Crippen molar-refractivity contribution in [2.75, 3.05) is 25.1 Å². The van der Waals surface area contributed by atoms with Crippen molar-refractivity contribution in [1.29, 1.82) is 0 Å². The van der Waals surface area contributed by atoms with Gasteiger partial charge >= 0.3 is 5.97 Å². The van der Waals surface area contributed by atoms with Gasteiger partial charge in [0.05, 0.1) is 6.61 Å². The molecule has 162 valence electrons. The minimum atomic E-state index is -0.627. The van der Waals surface area contributed by atoms with Crippen LogP contribution in [0.25, 0.3) is 0 Å². The maximum absolute atomic E-state index is 12.4. The quantitative estimate of drug-likeness (QED) is 0.561. The number of ether oxygens (including phenoxy) is 3. The van der Waals surface area contributed by atoms with Crippen LogP contribution in [-0.2, 0) is 14.3 Å². The lowest BCUT2D eigenvalue weighted by Crippen LogP contribution is -2.25. The topological polar surface area (TPSA) is 73.9 Å². The fourth-order valence-corrected chi connectivity index (χ4v) is 3.04. The molecule has 6 nitrogen and oxygen atoms in total. The molecule has 0 aliphatic carbocycles. The van der Waals surface area contributed by atoms with Crippen LogP contribution in [0.2, 0.25) is 0 Å². The molecule has 0 bridgehead atoms. The molecule has 0 heterocycles. The van der Waals surface area contributed by atoms with Crippen molar-refractivity contribution in [3.8, 4) is 11.5 Å². The van der Waals surface area contributed by atoms with Gasteiger partial charge in [0, 0.05) is 5.69 Å². The summed E-state index contributed by atoms with van der Waals surface area (Å²) in [5.41, 5.74) is 2.90. The number of rotatable bonds is 10. The van der Waals surface area contributed by atoms with Crippen LogP contribution in [0.5, 0.6) is 11.5 Å². The number of hydrogen-bond donors (Lipinski definition) is 1. The van der Waals surface area contributed by atoms with E-state index in [1.54, 1.807) is 18.2 Å². The van der Waals surface area contributed by atoms with E-state index in [0.29, 0.717) is 18.1 Å². The second-order valence-corrected chi connectivity index (χ2v) is 7.50. The van der Waals surface area contributed by atoms with E-state index in [1.165, 1.54) is 0 Å². The number of amides is 1. The van der Waals surface area contributed by atoms with Gasteiger partial charge < -0.3 is 19.5 Å². The Kier molecular flexibility index (Phi) is 8.71. The summed E-state index contributed by atoms with van der Waals surface area (Å²) >= 11 is 0. The lowest BCUT2D eigenvalue weighted by atomic mass is 9.92. The summed E-state index contributed by atoms with van der Waals surface area (Å²) in [7, 11) is 0. The Labute approximate surface area is 178 Å². The van der Waals surface area contributed by atoms with Gasteiger partial charge in [-0.1, -0.05) is 58.0 Å². The maximum Gasteiger partial charge on any atom is 0.344 e. The van der Waals surface area contributed by atoms with Crippen molar-refractivity contribution in [2.45, 2.75) is 46.5 Å². The van der Waals surface area contributed by atoms with Gasteiger partial charge in [-0.2, -0.15) is 0 Å². The van der Waals surface area contributed by atoms with E-state index in [-0.39, 0.29) is 31.0 Å². The molecule has 0 atom stereocenters. The Morgan fingerprint density at radius 3 is 1.93 bits per heavy atom. The fourth-order valence-electron chi connectivity index (χ4n) is 3.04. The monoisotopic (exact) mass is 413 g/mol. The highest BCUT2D eigenvalue weighted by molar-refractivity contribution is 5.94. The van der Waals surface area contributed by atoms with Crippen molar-refractivity contribution in [1.82, 2.24) is 0 Å². The van der Waals surface area contributed by atoms with E-state index in [4.69, 9.17) is 14.2 Å². The summed E-state index contributed by atoms with van der Waals surface area (Å²) < 4.78 is 16.0. The van der Waals surface area contributed by atoms with Gasteiger partial charge in [-0.15, -0.1) is 0 Å². The highest BCUT2D eigenvalue weighted by Gasteiger charge is 2.17. The number of benzene rings is 2. The first-order valence-electron chi connectivity index (χ1n) is 10.3. The molecule has 0 fully saturated rings. The number of carbonyl (C=O) groups is 2. The van der Waals surface area contributed by atoms with Gasteiger partial charge in [-0.25, -0.2) is 4.79 Å². The molecule has 2 aromatic rings. The van der Waals surface area contributed by atoms with Crippen molar-refractivity contribution >= 4 is 17.6 Å². The first-order chi connectivity index (χ1) is 14.3. The number of carbonyl (C=O) groups excluding carboxylic acids is 2. The van der Waals surface area contributed by atoms with E-state index >= 15 is 0 Å². The van der Waals surface area contributed by atoms with Gasteiger partial charge in [-0.3, -0.25) is 4.79 Å². The SMILES string of the molecule is CCOc1ccccc1OCC(=O)OCC(=O)Nc1c(C(C)C)cccc1C(C)C. The third-order valence-corrected chi connectivity index (χ3v) is 4.50. The third kappa shape index (κ3) is 6.51. The summed E-state index contributed by atoms with van der Waals surface area (Å²) in [5.74, 6) is 0.497. The molecule has 1 amide bonds. The molecule has 30 heavy (non-hydrogen) atoms. The largest absolute Gasteiger partial charge is 0.490 e. The van der Waals surface area contributed by atoms with Crippen LogP contribution in [0.3, 0.4) is 0 Å². The second-order valence-electron chi connectivity index (χ2n) is 7.50. The van der Waals surface area contributed by atoms with E-state index in [0.717, 1.165) is 16.8 Å². The Morgan fingerprint density at radius 2 is 1.40 bits per heavy atom. The van der Waals surface area contributed by atoms with Crippen molar-refractivity contribution in [3.05, 3.63) is 53.6 Å². The molecule has 0 aliphatic rings. The van der Waals surface area contributed by atoms with E-state index in [9.17, 15) is 9.59 Å². The zero-order valence-corrected chi connectivity index (χ0v) is 18.4. The summed E-state index contributed by atoms with van der Waals surface area (Å²) in [5, 5.41) is 2.92. The summed E-state index contributed by atoms with van der Waals surface area (Å²) in [6, 6.07) is 13.1. The molecule has 0 unspecified atom stereocenters. The predicted octanol–water partition coefficient (Wildman–Crippen LogP) is 4.89. The Morgan fingerprint density at radius 1 is 0.833 bits per heavy atom. The molecule has 0 spiro atoms. The Hall–Kier alpha value is -3.02. The van der Waals surface area contributed by atoms with Gasteiger partial charge in [0.15, 0.2) is 24.7 Å². The zero-order valence-electron chi connectivity index (χ0n) is 18.4. The van der Waals surface area contributed by atoms with Crippen LogP contribution in [-0.4, -0.2) is 31.7 Å². The molecular weight excluding hydrogens is 382 g/mol. The summed E-state index contributed by atoms with van der Waals surface area (Å²) in [4.78, 5) is 24.5. The normalized spacial score (nSPS) is 10.8. The molecule has 6 heteroatoms. The highest BCUT2D eigenvalue weighted by atomic mass is 16.6. The van der Waals surface area contributed by atoms with Crippen molar-refractivity contribution in [3.63, 3.8) is 0 Å². The minimum absolute atomic E-state index is 0.250. The van der Waals surface area contributed by atoms with E-state index in [2.05, 4.69) is 33.0 Å². The predicted molar refractivity (Wildman–Crippen MR) is 117 cm³/mol. The maximum atomic E-state index is 12.4. The molecule has 0 radical (unpaired) electrons. The average molecular weight is 414 g/mol. The van der Waals surface area contributed by atoms with Gasteiger partial charge in [0.2, 0.25) is 0 Å². The van der Waals surface area contributed by atoms with Crippen LogP contribution >= 0.6 is 0 Å². The summed E-state index contributed by atoms with van der Waals surface area (Å²) in [6.07, 6.45) is 0. The molecule has 2 aromatic carbocycles. The van der Waals surface area contributed by atoms with Crippen molar-refractivity contribution in [2.24, 2.45) is 0 Å². The van der Waals surface area contributed by atoms with Crippen molar-refractivity contribution < 1.29 is 23.8 Å². The lowest BCUT2D eigenvalue weighted by Gasteiger charge is -2.20. The number of esters is 1. The van der Waals surface area contributed by atoms with Gasteiger partial charge in [0.25, 0.3) is 5.91 Å². The number of nitrogens with one attached hydrogen (secondary N) is 1. The number of anilines is 1. The van der Waals surface area contributed by atoms with E-state index in [1.807, 2.05) is 31.2 Å². The molecule has 0 aliphatic heterocycles. The van der Waals surface area contributed by atoms with Crippen LogP contribution in [0.1, 0.15) is 57.6 Å². The van der Waals surface area contributed by atoms with Crippen LogP contribution < -0.4 is 14.8 Å². The molecule has 0 aromatic heterocycles. The molecule has 1 N–H and O–H groups in total. The third-order valence-electron chi connectivity index (χ3n) is 4.50. The van der Waals surface area contributed by atoms with Gasteiger partial charge in [-0.05, 0) is 42.0 Å². The van der Waals surface area contributed by atoms with Crippen LogP contribution in [0.4, 0.5) is 5.69 Å². The average Bonchev–Trinajstić information content (AvgIpc) is 2.71. The molecular formula is C24H31NO5. The Bertz CT molecular complexity index is 834. The Balaban J connectivity index is 1.93. The molecule has 0 saturated heterocycles. The van der Waals surface area contributed by atoms with Crippen LogP contribution in [0.15, 0.2) is 42.5 Å². The second kappa shape index (κ2) is 11.2. The standard InChI is InChI=1S/C24H31NO5/c1-6-28-20-12-7-8-13-21(20)29-15-23(27)30-14-22(26)25-24-18(16(2)3)10-9-11-19(24)17(4)5/h7-13,16-17H,6,14-15H2,1-5H3,(H,25,26). The fraction of sp³-hybridized carbons (Fsp3) is 0.417. The number of hydrogen-bond acceptors (Lipinski definition) is 5. The molecule has 0 saturated carbocycles. The smallest absolute Gasteiger partial charge is 0.344 e. The van der Waals surface area contributed by atoms with Crippen LogP contribution in [0, 0.1) is 0 Å². The minimum Gasteiger partial charge on any atom is -0.490 e.